The molecule has 0 saturated heterocycles. The Morgan fingerprint density at radius 3 is 2.88 bits per heavy atom. The van der Waals surface area contributed by atoms with Gasteiger partial charge in [0.05, 0.1) is 12.2 Å². The van der Waals surface area contributed by atoms with Crippen LogP contribution in [0.2, 0.25) is 0 Å². The van der Waals surface area contributed by atoms with Crippen molar-refractivity contribution in [3.8, 4) is 11.3 Å². The fraction of sp³-hybridized carbons (Fsp3) is 0.176. The van der Waals surface area contributed by atoms with Crippen molar-refractivity contribution in [2.45, 2.75) is 23.9 Å². The van der Waals surface area contributed by atoms with Crippen molar-refractivity contribution in [3.63, 3.8) is 0 Å². The van der Waals surface area contributed by atoms with Gasteiger partial charge >= 0.3 is 0 Å². The van der Waals surface area contributed by atoms with E-state index in [1.165, 1.54) is 4.88 Å². The highest BCUT2D eigenvalue weighted by molar-refractivity contribution is 7.98. The Morgan fingerprint density at radius 1 is 1.12 bits per heavy atom. The maximum atomic E-state index is 5.43. The molecule has 0 aliphatic carbocycles. The molecule has 0 spiro atoms. The molecule has 0 aliphatic rings. The monoisotopic (exact) mass is 369 g/mol. The van der Waals surface area contributed by atoms with E-state index in [9.17, 15) is 0 Å². The number of nitrogens with zero attached hydrogens (tertiary/aromatic N) is 5. The minimum atomic E-state index is 0.662. The topological polar surface area (TPSA) is 69.6 Å². The maximum absolute atomic E-state index is 5.43. The summed E-state index contributed by atoms with van der Waals surface area (Å²) in [6.07, 6.45) is 0.929. The summed E-state index contributed by atoms with van der Waals surface area (Å²) in [5.41, 5.74) is 1.89. The average molecular weight is 369 g/mol. The van der Waals surface area contributed by atoms with Gasteiger partial charge in [-0.25, -0.2) is 4.68 Å². The first-order chi connectivity index (χ1) is 12.4. The van der Waals surface area contributed by atoms with Crippen molar-refractivity contribution in [3.05, 3.63) is 64.5 Å². The highest BCUT2D eigenvalue weighted by Gasteiger charge is 2.11. The lowest BCUT2D eigenvalue weighted by molar-refractivity contribution is 0.426. The van der Waals surface area contributed by atoms with Gasteiger partial charge in [0.2, 0.25) is 5.16 Å². The molecule has 0 radical (unpaired) electrons. The number of aromatic nitrogens is 5. The number of hydrogen-bond acceptors (Lipinski definition) is 7. The van der Waals surface area contributed by atoms with E-state index >= 15 is 0 Å². The third-order valence-electron chi connectivity index (χ3n) is 3.62. The Morgan fingerprint density at radius 2 is 2.04 bits per heavy atom. The molecule has 0 N–H and O–H groups in total. The van der Waals surface area contributed by atoms with Crippen LogP contribution in [0.15, 0.2) is 63.6 Å². The zero-order chi connectivity index (χ0) is 16.9. The Hall–Kier alpha value is -2.45. The summed E-state index contributed by atoms with van der Waals surface area (Å²) in [4.78, 5) is 1.33. The lowest BCUT2D eigenvalue weighted by Crippen LogP contribution is -2.04. The molecule has 8 heteroatoms. The molecular formula is C17H15N5OS2. The minimum absolute atomic E-state index is 0.662. The van der Waals surface area contributed by atoms with E-state index in [2.05, 4.69) is 38.2 Å². The first kappa shape index (κ1) is 16.0. The van der Waals surface area contributed by atoms with Crippen molar-refractivity contribution in [1.82, 2.24) is 25.4 Å². The lowest BCUT2D eigenvalue weighted by Gasteiger charge is -2.02. The molecule has 3 heterocycles. The normalized spacial score (nSPS) is 11.0. The van der Waals surface area contributed by atoms with E-state index < -0.39 is 0 Å². The zero-order valence-electron chi connectivity index (χ0n) is 13.3. The number of thioether (sulfide) groups is 1. The number of rotatable bonds is 7. The molecule has 0 unspecified atom stereocenters. The van der Waals surface area contributed by atoms with Crippen LogP contribution < -0.4 is 0 Å². The SMILES string of the molecule is c1ccc(-c2cc(CSc3nnnn3CCc3cccs3)no2)cc1. The van der Waals surface area contributed by atoms with Gasteiger partial charge in [0, 0.05) is 28.7 Å². The fourth-order valence-corrected chi connectivity index (χ4v) is 3.85. The van der Waals surface area contributed by atoms with Crippen LogP contribution in [0.25, 0.3) is 11.3 Å². The minimum Gasteiger partial charge on any atom is -0.356 e. The van der Waals surface area contributed by atoms with Gasteiger partial charge in [0.25, 0.3) is 0 Å². The van der Waals surface area contributed by atoms with Gasteiger partial charge in [-0.05, 0) is 21.9 Å². The van der Waals surface area contributed by atoms with Crippen LogP contribution in [0, 0.1) is 0 Å². The molecule has 126 valence electrons. The van der Waals surface area contributed by atoms with Crippen LogP contribution in [0.4, 0.5) is 0 Å². The van der Waals surface area contributed by atoms with Gasteiger partial charge in [-0.15, -0.1) is 16.4 Å². The number of thiophene rings is 1. The van der Waals surface area contributed by atoms with Crippen LogP contribution in [-0.4, -0.2) is 25.4 Å². The van der Waals surface area contributed by atoms with E-state index in [4.69, 9.17) is 4.52 Å². The van der Waals surface area contributed by atoms with Crippen molar-refractivity contribution in [1.29, 1.82) is 0 Å². The van der Waals surface area contributed by atoms with Gasteiger partial charge in [-0.3, -0.25) is 0 Å². The van der Waals surface area contributed by atoms with Crippen LogP contribution in [0.5, 0.6) is 0 Å². The van der Waals surface area contributed by atoms with Gasteiger partial charge in [-0.2, -0.15) is 0 Å². The fourth-order valence-electron chi connectivity index (χ4n) is 2.37. The molecule has 0 bridgehead atoms. The van der Waals surface area contributed by atoms with E-state index in [1.54, 1.807) is 23.1 Å². The quantitative estimate of drug-likeness (QED) is 0.460. The molecule has 0 aliphatic heterocycles. The third-order valence-corrected chi connectivity index (χ3v) is 5.54. The van der Waals surface area contributed by atoms with Gasteiger partial charge < -0.3 is 4.52 Å². The number of aryl methyl sites for hydroxylation is 2. The lowest BCUT2D eigenvalue weighted by atomic mass is 10.2. The summed E-state index contributed by atoms with van der Waals surface area (Å²) < 4.78 is 7.26. The highest BCUT2D eigenvalue weighted by atomic mass is 32.2. The molecule has 0 fully saturated rings. The summed E-state index contributed by atoms with van der Waals surface area (Å²) >= 11 is 3.31. The van der Waals surface area contributed by atoms with Crippen LogP contribution in [-0.2, 0) is 18.7 Å². The molecule has 1 aromatic carbocycles. The summed E-state index contributed by atoms with van der Waals surface area (Å²) in [5, 5.41) is 19.0. The number of benzene rings is 1. The summed E-state index contributed by atoms with van der Waals surface area (Å²) in [7, 11) is 0. The Bertz CT molecular complexity index is 918. The maximum Gasteiger partial charge on any atom is 0.209 e. The van der Waals surface area contributed by atoms with Crippen molar-refractivity contribution in [2.75, 3.05) is 0 Å². The summed E-state index contributed by atoms with van der Waals surface area (Å²) in [6.45, 7) is 0.768. The van der Waals surface area contributed by atoms with E-state index in [0.29, 0.717) is 5.75 Å². The molecule has 3 aromatic heterocycles. The first-order valence-corrected chi connectivity index (χ1v) is 9.67. The Balaban J connectivity index is 1.37. The Kier molecular flexibility index (Phi) is 4.89. The smallest absolute Gasteiger partial charge is 0.209 e. The second-order valence-corrected chi connectivity index (χ2v) is 7.33. The van der Waals surface area contributed by atoms with Crippen molar-refractivity contribution in [2.24, 2.45) is 0 Å². The number of tetrazole rings is 1. The molecule has 25 heavy (non-hydrogen) atoms. The van der Waals surface area contributed by atoms with Gasteiger partial charge in [0.15, 0.2) is 5.76 Å². The largest absolute Gasteiger partial charge is 0.356 e. The molecule has 4 aromatic rings. The second kappa shape index (κ2) is 7.62. The molecule has 0 saturated carbocycles. The van der Waals surface area contributed by atoms with Crippen LogP contribution in [0.3, 0.4) is 0 Å². The molecular weight excluding hydrogens is 354 g/mol. The molecule has 0 amide bonds. The molecule has 0 atom stereocenters. The van der Waals surface area contributed by atoms with Gasteiger partial charge in [-0.1, -0.05) is 53.3 Å². The standard InChI is InChI=1S/C17H15N5OS2/c1-2-5-13(6-3-1)16-11-14(19-23-16)12-25-17-18-20-21-22(17)9-8-15-7-4-10-24-15/h1-7,10-11H,8-9,12H2. The van der Waals surface area contributed by atoms with Crippen molar-refractivity contribution < 1.29 is 4.52 Å². The van der Waals surface area contributed by atoms with Crippen LogP contribution >= 0.6 is 23.1 Å². The van der Waals surface area contributed by atoms with E-state index in [1.807, 2.05) is 41.1 Å². The summed E-state index contributed by atoms with van der Waals surface area (Å²) in [5.74, 6) is 1.43. The van der Waals surface area contributed by atoms with E-state index in [-0.39, 0.29) is 0 Å². The van der Waals surface area contributed by atoms with Crippen molar-refractivity contribution >= 4 is 23.1 Å². The average Bonchev–Trinajstić information content (AvgIpc) is 3.40. The van der Waals surface area contributed by atoms with E-state index in [0.717, 1.165) is 35.1 Å². The predicted molar refractivity (Wildman–Crippen MR) is 97.3 cm³/mol. The third kappa shape index (κ3) is 3.97. The summed E-state index contributed by atoms with van der Waals surface area (Å²) in [6, 6.07) is 16.1. The Labute approximate surface area is 152 Å². The first-order valence-electron chi connectivity index (χ1n) is 7.81. The van der Waals surface area contributed by atoms with Crippen LogP contribution in [0.1, 0.15) is 10.6 Å². The highest BCUT2D eigenvalue weighted by Crippen LogP contribution is 2.24. The molecule has 4 rings (SSSR count). The predicted octanol–water partition coefficient (Wildman–Crippen LogP) is 3.92. The molecule has 6 nitrogen and oxygen atoms in total. The van der Waals surface area contributed by atoms with Gasteiger partial charge in [0.1, 0.15) is 0 Å². The zero-order valence-corrected chi connectivity index (χ0v) is 14.9. The number of hydrogen-bond donors (Lipinski definition) is 0. The second-order valence-electron chi connectivity index (χ2n) is 5.35.